The summed E-state index contributed by atoms with van der Waals surface area (Å²) in [5.41, 5.74) is 1.94. The Morgan fingerprint density at radius 2 is 1.73 bits per heavy atom. The number of hydrogen-bond acceptors (Lipinski definition) is 4. The lowest BCUT2D eigenvalue weighted by molar-refractivity contribution is -0.121. The molecule has 30 heavy (non-hydrogen) atoms. The summed E-state index contributed by atoms with van der Waals surface area (Å²) in [6, 6.07) is 14.2. The van der Waals surface area contributed by atoms with Crippen LogP contribution >= 0.6 is 11.6 Å². The van der Waals surface area contributed by atoms with Gasteiger partial charge in [-0.1, -0.05) is 42.8 Å². The quantitative estimate of drug-likeness (QED) is 0.667. The Kier molecular flexibility index (Phi) is 7.88. The van der Waals surface area contributed by atoms with Crippen LogP contribution in [0.2, 0.25) is 5.02 Å². The van der Waals surface area contributed by atoms with Crippen molar-refractivity contribution < 1.29 is 17.9 Å². The van der Waals surface area contributed by atoms with Gasteiger partial charge in [0.05, 0.1) is 24.2 Å². The number of ether oxygens (including phenoxy) is 1. The smallest absolute Gasteiger partial charge is 0.243 e. The molecular weight excluding hydrogens is 424 g/mol. The van der Waals surface area contributed by atoms with Gasteiger partial charge in [0.1, 0.15) is 0 Å². The molecule has 0 aliphatic carbocycles. The first kappa shape index (κ1) is 22.7. The van der Waals surface area contributed by atoms with Gasteiger partial charge in [0.2, 0.25) is 15.9 Å². The van der Waals surface area contributed by atoms with Gasteiger partial charge in [-0.25, -0.2) is 8.42 Å². The summed E-state index contributed by atoms with van der Waals surface area (Å²) in [5.74, 6) is -0.0400. The van der Waals surface area contributed by atoms with Crippen molar-refractivity contribution in [1.82, 2.24) is 9.62 Å². The molecule has 1 unspecified atom stereocenters. The van der Waals surface area contributed by atoms with Crippen molar-refractivity contribution in [2.45, 2.75) is 37.1 Å². The van der Waals surface area contributed by atoms with E-state index in [1.165, 1.54) is 4.31 Å². The molecule has 2 aromatic rings. The van der Waals surface area contributed by atoms with E-state index in [4.69, 9.17) is 16.3 Å². The third-order valence-electron chi connectivity index (χ3n) is 5.19. The van der Waals surface area contributed by atoms with Crippen LogP contribution in [0.15, 0.2) is 53.4 Å². The Morgan fingerprint density at radius 3 is 2.33 bits per heavy atom. The molecule has 0 bridgehead atoms. The van der Waals surface area contributed by atoms with E-state index in [1.807, 2.05) is 31.2 Å². The number of nitrogens with one attached hydrogen (secondary N) is 1. The van der Waals surface area contributed by atoms with E-state index in [2.05, 4.69) is 5.32 Å². The number of rotatable bonds is 8. The van der Waals surface area contributed by atoms with Gasteiger partial charge >= 0.3 is 0 Å². The van der Waals surface area contributed by atoms with Gasteiger partial charge in [-0.15, -0.1) is 0 Å². The third-order valence-corrected chi connectivity index (χ3v) is 7.35. The molecule has 162 valence electrons. The minimum atomic E-state index is -3.50. The third kappa shape index (κ3) is 5.82. The molecule has 1 amide bonds. The highest BCUT2D eigenvalue weighted by Gasteiger charge is 2.26. The van der Waals surface area contributed by atoms with Crippen molar-refractivity contribution in [3.8, 4) is 0 Å². The number of hydrogen-bond donors (Lipinski definition) is 1. The maximum Gasteiger partial charge on any atom is 0.243 e. The van der Waals surface area contributed by atoms with E-state index >= 15 is 0 Å². The Morgan fingerprint density at radius 1 is 1.10 bits per heavy atom. The van der Waals surface area contributed by atoms with Gasteiger partial charge in [0.15, 0.2) is 0 Å². The highest BCUT2D eigenvalue weighted by Crippen LogP contribution is 2.20. The number of nitrogens with zero attached hydrogens (tertiary/aromatic N) is 1. The normalized spacial score (nSPS) is 16.2. The summed E-state index contributed by atoms with van der Waals surface area (Å²) in [4.78, 5) is 12.7. The van der Waals surface area contributed by atoms with E-state index in [0.29, 0.717) is 44.2 Å². The van der Waals surface area contributed by atoms with Crippen LogP contribution in [0.3, 0.4) is 0 Å². The fourth-order valence-corrected chi connectivity index (χ4v) is 4.94. The monoisotopic (exact) mass is 450 g/mol. The molecule has 2 aromatic carbocycles. The lowest BCUT2D eigenvalue weighted by Crippen LogP contribution is -2.40. The van der Waals surface area contributed by atoms with Crippen LogP contribution in [0.1, 0.15) is 36.9 Å². The van der Waals surface area contributed by atoms with Crippen molar-refractivity contribution in [3.05, 3.63) is 64.7 Å². The highest BCUT2D eigenvalue weighted by molar-refractivity contribution is 7.89. The molecule has 1 atom stereocenters. The second-order valence-corrected chi connectivity index (χ2v) is 9.61. The maximum atomic E-state index is 12.7. The number of morpholine rings is 1. The SMILES string of the molecule is CCC(NC(=O)CCc1ccc(S(=O)(=O)N2CCOCC2)cc1)c1ccc(Cl)cc1. The summed E-state index contributed by atoms with van der Waals surface area (Å²) in [5, 5.41) is 3.72. The fraction of sp³-hybridized carbons (Fsp3) is 0.409. The molecule has 0 saturated carbocycles. The topological polar surface area (TPSA) is 75.7 Å². The molecule has 6 nitrogen and oxygen atoms in total. The van der Waals surface area contributed by atoms with Crippen LogP contribution in [-0.4, -0.2) is 44.9 Å². The van der Waals surface area contributed by atoms with Crippen molar-refractivity contribution in [3.63, 3.8) is 0 Å². The van der Waals surface area contributed by atoms with Gasteiger partial charge in [0.25, 0.3) is 0 Å². The van der Waals surface area contributed by atoms with E-state index in [9.17, 15) is 13.2 Å². The zero-order valence-corrected chi connectivity index (χ0v) is 18.6. The molecular formula is C22H27ClN2O4S. The Balaban J connectivity index is 1.55. The van der Waals surface area contributed by atoms with E-state index < -0.39 is 10.0 Å². The number of carbonyl (C=O) groups is 1. The van der Waals surface area contributed by atoms with Crippen molar-refractivity contribution in [2.75, 3.05) is 26.3 Å². The Bertz CT molecular complexity index is 940. The first-order chi connectivity index (χ1) is 14.4. The minimum Gasteiger partial charge on any atom is -0.379 e. The van der Waals surface area contributed by atoms with Crippen LogP contribution in [0.4, 0.5) is 0 Å². The maximum absolute atomic E-state index is 12.7. The minimum absolute atomic E-state index is 0.0400. The van der Waals surface area contributed by atoms with Crippen molar-refractivity contribution >= 4 is 27.5 Å². The van der Waals surface area contributed by atoms with Gasteiger partial charge < -0.3 is 10.1 Å². The molecule has 1 saturated heterocycles. The van der Waals surface area contributed by atoms with Gasteiger partial charge in [-0.3, -0.25) is 4.79 Å². The molecule has 1 heterocycles. The van der Waals surface area contributed by atoms with Crippen LogP contribution in [0, 0.1) is 0 Å². The van der Waals surface area contributed by atoms with E-state index in [1.54, 1.807) is 24.3 Å². The average Bonchev–Trinajstić information content (AvgIpc) is 2.77. The second kappa shape index (κ2) is 10.4. The summed E-state index contributed by atoms with van der Waals surface area (Å²) in [6.45, 7) is 3.60. The number of halogens is 1. The highest BCUT2D eigenvalue weighted by atomic mass is 35.5. The lowest BCUT2D eigenvalue weighted by Gasteiger charge is -2.26. The fourth-order valence-electron chi connectivity index (χ4n) is 3.40. The van der Waals surface area contributed by atoms with Crippen molar-refractivity contribution in [1.29, 1.82) is 0 Å². The molecule has 8 heteroatoms. The summed E-state index contributed by atoms with van der Waals surface area (Å²) in [7, 11) is -3.50. The first-order valence-corrected chi connectivity index (χ1v) is 11.9. The van der Waals surface area contributed by atoms with Crippen LogP contribution < -0.4 is 5.32 Å². The average molecular weight is 451 g/mol. The van der Waals surface area contributed by atoms with Gasteiger partial charge in [-0.05, 0) is 48.2 Å². The standard InChI is InChI=1S/C22H27ClN2O4S/c1-2-21(18-6-8-19(23)9-7-18)24-22(26)12-5-17-3-10-20(11-4-17)30(27,28)25-13-15-29-16-14-25/h3-4,6-11,21H,2,5,12-16H2,1H3,(H,24,26). The molecule has 1 aliphatic heterocycles. The van der Waals surface area contributed by atoms with Gasteiger partial charge in [0, 0.05) is 24.5 Å². The van der Waals surface area contributed by atoms with Gasteiger partial charge in [-0.2, -0.15) is 4.31 Å². The molecule has 0 spiro atoms. The number of sulfonamides is 1. The summed E-state index contributed by atoms with van der Waals surface area (Å²) in [6.07, 6.45) is 1.65. The lowest BCUT2D eigenvalue weighted by atomic mass is 10.0. The molecule has 1 N–H and O–H groups in total. The van der Waals surface area contributed by atoms with E-state index in [-0.39, 0.29) is 16.8 Å². The molecule has 3 rings (SSSR count). The molecule has 0 aromatic heterocycles. The largest absolute Gasteiger partial charge is 0.379 e. The number of benzene rings is 2. The Hall–Kier alpha value is -1.93. The number of amides is 1. The Labute approximate surface area is 183 Å². The van der Waals surface area contributed by atoms with Crippen molar-refractivity contribution in [2.24, 2.45) is 0 Å². The predicted molar refractivity (Wildman–Crippen MR) is 117 cm³/mol. The predicted octanol–water partition coefficient (Wildman–Crippen LogP) is 3.56. The molecule has 1 fully saturated rings. The molecule has 0 radical (unpaired) electrons. The number of carbonyl (C=O) groups excluding carboxylic acids is 1. The summed E-state index contributed by atoms with van der Waals surface area (Å²) >= 11 is 5.93. The van der Waals surface area contributed by atoms with Crippen LogP contribution in [0.25, 0.3) is 0 Å². The summed E-state index contributed by atoms with van der Waals surface area (Å²) < 4.78 is 32.0. The number of aryl methyl sites for hydroxylation is 1. The zero-order chi connectivity index (χ0) is 21.6. The van der Waals surface area contributed by atoms with Crippen LogP contribution in [-0.2, 0) is 26.0 Å². The zero-order valence-electron chi connectivity index (χ0n) is 17.0. The molecule has 1 aliphatic rings. The second-order valence-electron chi connectivity index (χ2n) is 7.24. The van der Waals surface area contributed by atoms with Crippen LogP contribution in [0.5, 0.6) is 0 Å². The first-order valence-electron chi connectivity index (χ1n) is 10.1. The van der Waals surface area contributed by atoms with E-state index in [0.717, 1.165) is 17.5 Å².